The highest BCUT2D eigenvalue weighted by molar-refractivity contribution is 5.79. The van der Waals surface area contributed by atoms with Gasteiger partial charge in [-0.15, -0.1) is 0 Å². The van der Waals surface area contributed by atoms with Crippen LogP contribution in [0.15, 0.2) is 29.3 Å². The van der Waals surface area contributed by atoms with Crippen LogP contribution in [0.4, 0.5) is 0 Å². The van der Waals surface area contributed by atoms with E-state index in [2.05, 4.69) is 72.6 Å². The smallest absolute Gasteiger partial charge is 0.191 e. The van der Waals surface area contributed by atoms with Gasteiger partial charge >= 0.3 is 0 Å². The Morgan fingerprint density at radius 1 is 1.22 bits per heavy atom. The van der Waals surface area contributed by atoms with Crippen molar-refractivity contribution < 1.29 is 4.74 Å². The van der Waals surface area contributed by atoms with Gasteiger partial charge < -0.3 is 15.4 Å². The third kappa shape index (κ3) is 7.01. The van der Waals surface area contributed by atoms with Gasteiger partial charge in [0.25, 0.3) is 0 Å². The standard InChI is InChI=1S/C18H32N4O/c1-14(2)22(5)12-17-10-8-7-9-16(17)11-20-18(19-4)21-15(3)13-23-6/h7-10,14-15H,11-13H2,1-6H3,(H2,19,20,21). The Bertz CT molecular complexity index is 488. The van der Waals surface area contributed by atoms with Crippen molar-refractivity contribution in [3.63, 3.8) is 0 Å². The van der Waals surface area contributed by atoms with Crippen LogP contribution in [-0.2, 0) is 17.8 Å². The van der Waals surface area contributed by atoms with Gasteiger partial charge in [0, 0.05) is 39.3 Å². The second kappa shape index (κ2) is 10.2. The fourth-order valence-electron chi connectivity index (χ4n) is 2.23. The highest BCUT2D eigenvalue weighted by Crippen LogP contribution is 2.12. The molecule has 0 radical (unpaired) electrons. The molecular weight excluding hydrogens is 288 g/mol. The number of benzene rings is 1. The van der Waals surface area contributed by atoms with Crippen LogP contribution in [-0.4, -0.2) is 50.8 Å². The van der Waals surface area contributed by atoms with E-state index in [-0.39, 0.29) is 6.04 Å². The summed E-state index contributed by atoms with van der Waals surface area (Å²) >= 11 is 0. The van der Waals surface area contributed by atoms with Gasteiger partial charge in [-0.1, -0.05) is 24.3 Å². The van der Waals surface area contributed by atoms with E-state index >= 15 is 0 Å². The molecule has 5 heteroatoms. The predicted molar refractivity (Wildman–Crippen MR) is 97.7 cm³/mol. The lowest BCUT2D eigenvalue weighted by molar-refractivity contribution is 0.179. The van der Waals surface area contributed by atoms with Crippen molar-refractivity contribution in [2.45, 2.75) is 45.9 Å². The number of nitrogens with one attached hydrogen (secondary N) is 2. The molecule has 2 N–H and O–H groups in total. The number of guanidine groups is 1. The highest BCUT2D eigenvalue weighted by atomic mass is 16.5. The molecule has 1 atom stereocenters. The zero-order chi connectivity index (χ0) is 17.2. The van der Waals surface area contributed by atoms with Crippen LogP contribution in [0.5, 0.6) is 0 Å². The molecule has 0 fully saturated rings. The summed E-state index contributed by atoms with van der Waals surface area (Å²) in [7, 11) is 5.64. The van der Waals surface area contributed by atoms with Gasteiger partial charge in [-0.2, -0.15) is 0 Å². The molecule has 0 aliphatic carbocycles. The van der Waals surface area contributed by atoms with Crippen LogP contribution in [0.2, 0.25) is 0 Å². The molecule has 0 aliphatic rings. The molecular formula is C18H32N4O. The van der Waals surface area contributed by atoms with E-state index in [4.69, 9.17) is 4.74 Å². The van der Waals surface area contributed by atoms with Crippen molar-refractivity contribution in [3.05, 3.63) is 35.4 Å². The molecule has 23 heavy (non-hydrogen) atoms. The fourth-order valence-corrected chi connectivity index (χ4v) is 2.23. The van der Waals surface area contributed by atoms with E-state index in [1.807, 2.05) is 0 Å². The fraction of sp³-hybridized carbons (Fsp3) is 0.611. The van der Waals surface area contributed by atoms with Gasteiger partial charge in [0.2, 0.25) is 0 Å². The van der Waals surface area contributed by atoms with Crippen LogP contribution in [0.1, 0.15) is 31.9 Å². The maximum atomic E-state index is 5.15. The molecule has 0 bridgehead atoms. The second-order valence-electron chi connectivity index (χ2n) is 6.20. The molecule has 1 aromatic rings. The van der Waals surface area contributed by atoms with Gasteiger partial charge in [-0.05, 0) is 38.9 Å². The zero-order valence-electron chi connectivity index (χ0n) is 15.4. The van der Waals surface area contributed by atoms with Crippen molar-refractivity contribution in [1.82, 2.24) is 15.5 Å². The van der Waals surface area contributed by atoms with Gasteiger partial charge in [-0.3, -0.25) is 9.89 Å². The number of nitrogens with zero attached hydrogens (tertiary/aromatic N) is 2. The number of hydrogen-bond acceptors (Lipinski definition) is 3. The third-order valence-corrected chi connectivity index (χ3v) is 3.89. The van der Waals surface area contributed by atoms with E-state index in [9.17, 15) is 0 Å². The zero-order valence-corrected chi connectivity index (χ0v) is 15.4. The van der Waals surface area contributed by atoms with E-state index < -0.39 is 0 Å². The summed E-state index contributed by atoms with van der Waals surface area (Å²) in [6.45, 7) is 8.84. The van der Waals surface area contributed by atoms with E-state index in [0.29, 0.717) is 12.6 Å². The first-order valence-electron chi connectivity index (χ1n) is 8.21. The minimum atomic E-state index is 0.216. The molecule has 1 unspecified atom stereocenters. The van der Waals surface area contributed by atoms with E-state index in [0.717, 1.165) is 19.0 Å². The summed E-state index contributed by atoms with van der Waals surface area (Å²) < 4.78 is 5.15. The van der Waals surface area contributed by atoms with Crippen LogP contribution < -0.4 is 10.6 Å². The lowest BCUT2D eigenvalue weighted by Gasteiger charge is -2.23. The first-order valence-corrected chi connectivity index (χ1v) is 8.21. The molecule has 130 valence electrons. The predicted octanol–water partition coefficient (Wildman–Crippen LogP) is 2.23. The largest absolute Gasteiger partial charge is 0.383 e. The molecule has 0 heterocycles. The topological polar surface area (TPSA) is 48.9 Å². The molecule has 0 aliphatic heterocycles. The molecule has 0 aromatic heterocycles. The Morgan fingerprint density at radius 3 is 2.43 bits per heavy atom. The van der Waals surface area contributed by atoms with Crippen molar-refractivity contribution in [3.8, 4) is 0 Å². The summed E-state index contributed by atoms with van der Waals surface area (Å²) in [5.41, 5.74) is 2.64. The lowest BCUT2D eigenvalue weighted by atomic mass is 10.1. The van der Waals surface area contributed by atoms with Gasteiger partial charge in [0.05, 0.1) is 6.61 Å². The van der Waals surface area contributed by atoms with Crippen LogP contribution in [0.3, 0.4) is 0 Å². The molecule has 5 nitrogen and oxygen atoms in total. The Labute approximate surface area is 141 Å². The Balaban J connectivity index is 2.66. The number of hydrogen-bond donors (Lipinski definition) is 2. The highest BCUT2D eigenvalue weighted by Gasteiger charge is 2.09. The number of aliphatic imine (C=N–C) groups is 1. The summed E-state index contributed by atoms with van der Waals surface area (Å²) in [4.78, 5) is 6.61. The summed E-state index contributed by atoms with van der Waals surface area (Å²) in [5.74, 6) is 0.793. The van der Waals surface area contributed by atoms with Crippen LogP contribution in [0, 0.1) is 0 Å². The Morgan fingerprint density at radius 2 is 1.87 bits per heavy atom. The third-order valence-electron chi connectivity index (χ3n) is 3.89. The SMILES string of the molecule is CN=C(NCc1ccccc1CN(C)C(C)C)NC(C)COC. The second-order valence-corrected chi connectivity index (χ2v) is 6.20. The molecule has 0 spiro atoms. The Hall–Kier alpha value is -1.59. The molecule has 0 saturated carbocycles. The van der Waals surface area contributed by atoms with Gasteiger partial charge in [0.1, 0.15) is 0 Å². The first-order chi connectivity index (χ1) is 11.0. The van der Waals surface area contributed by atoms with Crippen molar-refractivity contribution in [1.29, 1.82) is 0 Å². The normalized spacial score (nSPS) is 13.5. The minimum Gasteiger partial charge on any atom is -0.383 e. The summed E-state index contributed by atoms with van der Waals surface area (Å²) in [6.07, 6.45) is 0. The number of ether oxygens (including phenoxy) is 1. The average Bonchev–Trinajstić information content (AvgIpc) is 2.52. The summed E-state index contributed by atoms with van der Waals surface area (Å²) in [6, 6.07) is 9.29. The summed E-state index contributed by atoms with van der Waals surface area (Å²) in [5, 5.41) is 6.70. The Kier molecular flexibility index (Phi) is 8.66. The van der Waals surface area contributed by atoms with Crippen molar-refractivity contribution >= 4 is 5.96 Å². The maximum Gasteiger partial charge on any atom is 0.191 e. The van der Waals surface area contributed by atoms with E-state index in [1.54, 1.807) is 14.2 Å². The van der Waals surface area contributed by atoms with E-state index in [1.165, 1.54) is 11.1 Å². The van der Waals surface area contributed by atoms with Crippen LogP contribution in [0.25, 0.3) is 0 Å². The molecule has 0 saturated heterocycles. The lowest BCUT2D eigenvalue weighted by Crippen LogP contribution is -2.43. The maximum absolute atomic E-state index is 5.15. The molecule has 1 rings (SSSR count). The van der Waals surface area contributed by atoms with Crippen molar-refractivity contribution in [2.24, 2.45) is 4.99 Å². The van der Waals surface area contributed by atoms with Crippen LogP contribution >= 0.6 is 0 Å². The van der Waals surface area contributed by atoms with Gasteiger partial charge in [0.15, 0.2) is 5.96 Å². The monoisotopic (exact) mass is 320 g/mol. The first kappa shape index (κ1) is 19.5. The van der Waals surface area contributed by atoms with Gasteiger partial charge in [-0.25, -0.2) is 0 Å². The molecule has 0 amide bonds. The average molecular weight is 320 g/mol. The molecule has 1 aromatic carbocycles. The number of rotatable bonds is 8. The van der Waals surface area contributed by atoms with Crippen molar-refractivity contribution in [2.75, 3.05) is 27.8 Å². The number of methoxy groups -OCH3 is 1. The quantitative estimate of drug-likeness (QED) is 0.570. The minimum absolute atomic E-state index is 0.216.